The van der Waals surface area contributed by atoms with Crippen molar-refractivity contribution in [2.45, 2.75) is 6.54 Å². The monoisotopic (exact) mass is 374 g/mol. The summed E-state index contributed by atoms with van der Waals surface area (Å²) in [5, 5.41) is 26.2. The van der Waals surface area contributed by atoms with Crippen molar-refractivity contribution < 1.29 is 9.72 Å². The van der Waals surface area contributed by atoms with Gasteiger partial charge in [-0.3, -0.25) is 14.9 Å². The van der Waals surface area contributed by atoms with E-state index in [1.54, 1.807) is 0 Å². The molecule has 2 aromatic rings. The van der Waals surface area contributed by atoms with E-state index in [1.165, 1.54) is 18.2 Å². The van der Waals surface area contributed by atoms with Gasteiger partial charge in [-0.05, 0) is 28.7 Å². The first-order valence-corrected chi connectivity index (χ1v) is 6.10. The first-order chi connectivity index (χ1) is 9.08. The zero-order chi connectivity index (χ0) is 13.8. The second-order valence-electron chi connectivity index (χ2n) is 3.43. The van der Waals surface area contributed by atoms with E-state index in [2.05, 4.69) is 25.9 Å². The van der Waals surface area contributed by atoms with Crippen LogP contribution in [0.2, 0.25) is 0 Å². The Labute approximate surface area is 120 Å². The van der Waals surface area contributed by atoms with Gasteiger partial charge in [0, 0.05) is 15.7 Å². The van der Waals surface area contributed by atoms with Gasteiger partial charge in [0.2, 0.25) is 0 Å². The molecule has 0 aliphatic heterocycles. The number of rotatable bonds is 4. The Morgan fingerprint density at radius 2 is 2.32 bits per heavy atom. The van der Waals surface area contributed by atoms with Crippen LogP contribution in [0.25, 0.3) is 0 Å². The molecule has 10 heteroatoms. The molecule has 0 fully saturated rings. The third-order valence-electron chi connectivity index (χ3n) is 2.20. The molecule has 1 heterocycles. The number of nitrogens with one attached hydrogen (secondary N) is 2. The van der Waals surface area contributed by atoms with Gasteiger partial charge in [0.1, 0.15) is 0 Å². The maximum Gasteiger partial charge on any atom is 0.270 e. The number of H-pyrrole nitrogens is 1. The van der Waals surface area contributed by atoms with Gasteiger partial charge in [-0.15, -0.1) is 10.2 Å². The molecule has 1 aromatic heterocycles. The zero-order valence-corrected chi connectivity index (χ0v) is 11.5. The van der Waals surface area contributed by atoms with E-state index < -0.39 is 10.8 Å². The Morgan fingerprint density at radius 1 is 1.53 bits per heavy atom. The lowest BCUT2D eigenvalue weighted by Gasteiger charge is -2.04. The Balaban J connectivity index is 2.14. The molecule has 1 amide bonds. The van der Waals surface area contributed by atoms with E-state index in [0.717, 1.165) is 0 Å². The lowest BCUT2D eigenvalue weighted by Crippen LogP contribution is -2.24. The largest absolute Gasteiger partial charge is 0.345 e. The fourth-order valence-electron chi connectivity index (χ4n) is 1.31. The number of hydrogen-bond donors (Lipinski definition) is 2. The highest BCUT2D eigenvalue weighted by Gasteiger charge is 2.15. The van der Waals surface area contributed by atoms with Crippen molar-refractivity contribution >= 4 is 34.2 Å². The van der Waals surface area contributed by atoms with Crippen LogP contribution in [0.5, 0.6) is 0 Å². The standard InChI is InChI=1S/C9H7IN6O3/c10-7-2-1-5(16(18)19)3-6(7)9(17)11-4-8-12-14-15-13-8/h1-3H,4H2,(H,11,17)(H,12,13,14,15). The molecule has 0 aliphatic carbocycles. The van der Waals surface area contributed by atoms with Crippen molar-refractivity contribution in [2.24, 2.45) is 0 Å². The summed E-state index contributed by atoms with van der Waals surface area (Å²) in [4.78, 5) is 22.0. The molecular weight excluding hydrogens is 367 g/mol. The Hall–Kier alpha value is -2.11. The summed E-state index contributed by atoms with van der Waals surface area (Å²) < 4.78 is 0.619. The van der Waals surface area contributed by atoms with Crippen molar-refractivity contribution in [3.8, 4) is 0 Å². The Morgan fingerprint density at radius 3 is 2.95 bits per heavy atom. The van der Waals surface area contributed by atoms with Crippen LogP contribution in [0, 0.1) is 13.7 Å². The van der Waals surface area contributed by atoms with E-state index in [1.807, 2.05) is 22.6 Å². The van der Waals surface area contributed by atoms with Crippen molar-refractivity contribution in [3.05, 3.63) is 43.3 Å². The van der Waals surface area contributed by atoms with E-state index in [9.17, 15) is 14.9 Å². The van der Waals surface area contributed by atoms with Gasteiger partial charge in [0.25, 0.3) is 11.6 Å². The first-order valence-electron chi connectivity index (χ1n) is 5.02. The smallest absolute Gasteiger partial charge is 0.270 e. The van der Waals surface area contributed by atoms with Gasteiger partial charge in [0.05, 0.1) is 17.0 Å². The molecule has 0 saturated heterocycles. The average Bonchev–Trinajstić information content (AvgIpc) is 2.89. The molecule has 0 spiro atoms. The fourth-order valence-corrected chi connectivity index (χ4v) is 1.89. The SMILES string of the molecule is O=C(NCc1nn[nH]n1)c1cc([N+](=O)[O-])ccc1I. The number of nitro groups is 1. The molecule has 2 rings (SSSR count). The highest BCUT2D eigenvalue weighted by molar-refractivity contribution is 14.1. The van der Waals surface area contributed by atoms with Crippen LogP contribution in [0.3, 0.4) is 0 Å². The number of benzene rings is 1. The number of nitro benzene ring substituents is 1. The maximum atomic E-state index is 11.9. The number of hydrogen-bond acceptors (Lipinski definition) is 6. The van der Waals surface area contributed by atoms with Crippen LogP contribution in [0.1, 0.15) is 16.2 Å². The number of carbonyl (C=O) groups excluding carboxylic acids is 1. The van der Waals surface area contributed by atoms with Gasteiger partial charge >= 0.3 is 0 Å². The fraction of sp³-hybridized carbons (Fsp3) is 0.111. The number of non-ortho nitro benzene ring substituents is 1. The second-order valence-corrected chi connectivity index (χ2v) is 4.59. The van der Waals surface area contributed by atoms with Gasteiger partial charge in [-0.25, -0.2) is 0 Å². The molecule has 19 heavy (non-hydrogen) atoms. The third-order valence-corrected chi connectivity index (χ3v) is 3.14. The number of tetrazole rings is 1. The highest BCUT2D eigenvalue weighted by atomic mass is 127. The molecule has 0 aliphatic rings. The number of halogens is 1. The minimum absolute atomic E-state index is 0.0914. The van der Waals surface area contributed by atoms with Crippen molar-refractivity contribution in [1.29, 1.82) is 0 Å². The van der Waals surface area contributed by atoms with Crippen molar-refractivity contribution in [3.63, 3.8) is 0 Å². The van der Waals surface area contributed by atoms with Crippen LogP contribution in [-0.2, 0) is 6.54 Å². The Bertz CT molecular complexity index is 614. The number of aromatic amines is 1. The van der Waals surface area contributed by atoms with Gasteiger partial charge < -0.3 is 5.32 Å². The number of carbonyl (C=O) groups is 1. The predicted molar refractivity (Wildman–Crippen MR) is 71.2 cm³/mol. The second kappa shape index (κ2) is 5.69. The van der Waals surface area contributed by atoms with Gasteiger partial charge in [-0.1, -0.05) is 5.21 Å². The summed E-state index contributed by atoms with van der Waals surface area (Å²) in [6, 6.07) is 4.09. The normalized spacial score (nSPS) is 10.2. The lowest BCUT2D eigenvalue weighted by atomic mass is 10.2. The number of amides is 1. The third kappa shape index (κ3) is 3.21. The van der Waals surface area contributed by atoms with Gasteiger partial charge in [-0.2, -0.15) is 5.21 Å². The minimum atomic E-state index is -0.550. The molecule has 0 unspecified atom stereocenters. The molecule has 9 nitrogen and oxygen atoms in total. The predicted octanol–water partition coefficient (Wildman–Crippen LogP) is 0.642. The number of nitrogens with zero attached hydrogens (tertiary/aromatic N) is 4. The number of aromatic nitrogens is 4. The van der Waals surface area contributed by atoms with E-state index in [0.29, 0.717) is 9.39 Å². The quantitative estimate of drug-likeness (QED) is 0.460. The van der Waals surface area contributed by atoms with Crippen molar-refractivity contribution in [2.75, 3.05) is 0 Å². The first kappa shape index (κ1) is 13.3. The van der Waals surface area contributed by atoms with Crippen LogP contribution in [-0.4, -0.2) is 31.5 Å². The van der Waals surface area contributed by atoms with Crippen LogP contribution in [0.4, 0.5) is 5.69 Å². The van der Waals surface area contributed by atoms with Crippen LogP contribution < -0.4 is 5.32 Å². The van der Waals surface area contributed by atoms with Crippen molar-refractivity contribution in [1.82, 2.24) is 25.9 Å². The summed E-state index contributed by atoms with van der Waals surface area (Å²) in [6.45, 7) is 0.0914. The molecule has 0 saturated carbocycles. The molecule has 0 atom stereocenters. The Kier molecular flexibility index (Phi) is 3.99. The molecule has 0 radical (unpaired) electrons. The van der Waals surface area contributed by atoms with Crippen LogP contribution >= 0.6 is 22.6 Å². The molecule has 2 N–H and O–H groups in total. The summed E-state index contributed by atoms with van der Waals surface area (Å²) in [5.74, 6) is -0.105. The van der Waals surface area contributed by atoms with E-state index in [4.69, 9.17) is 0 Å². The van der Waals surface area contributed by atoms with E-state index in [-0.39, 0.29) is 17.8 Å². The van der Waals surface area contributed by atoms with E-state index >= 15 is 0 Å². The maximum absolute atomic E-state index is 11.9. The zero-order valence-electron chi connectivity index (χ0n) is 9.33. The summed E-state index contributed by atoms with van der Waals surface area (Å²) in [6.07, 6.45) is 0. The summed E-state index contributed by atoms with van der Waals surface area (Å²) >= 11 is 1.94. The summed E-state index contributed by atoms with van der Waals surface area (Å²) in [5.41, 5.74) is 0.100. The van der Waals surface area contributed by atoms with Crippen LogP contribution in [0.15, 0.2) is 18.2 Å². The molecular formula is C9H7IN6O3. The highest BCUT2D eigenvalue weighted by Crippen LogP contribution is 2.19. The molecule has 1 aromatic carbocycles. The minimum Gasteiger partial charge on any atom is -0.345 e. The topological polar surface area (TPSA) is 127 Å². The average molecular weight is 374 g/mol. The molecule has 0 bridgehead atoms. The summed E-state index contributed by atoms with van der Waals surface area (Å²) in [7, 11) is 0. The molecule has 98 valence electrons. The van der Waals surface area contributed by atoms with Gasteiger partial charge in [0.15, 0.2) is 5.82 Å². The lowest BCUT2D eigenvalue weighted by molar-refractivity contribution is -0.384.